The summed E-state index contributed by atoms with van der Waals surface area (Å²) in [5, 5.41) is 13.3. The third-order valence-electron chi connectivity index (χ3n) is 4.84. The fraction of sp³-hybridized carbons (Fsp3) is 0.318. The highest BCUT2D eigenvalue weighted by Gasteiger charge is 2.27. The number of Topliss-reactive ketones (excluding diaryl/α,β-unsaturated/α-hetero) is 1. The van der Waals surface area contributed by atoms with Crippen LogP contribution in [0.4, 0.5) is 13.2 Å². The van der Waals surface area contributed by atoms with Crippen LogP contribution in [0.5, 0.6) is 0 Å². The van der Waals surface area contributed by atoms with Gasteiger partial charge < -0.3 is 5.11 Å². The Labute approximate surface area is 176 Å². The number of aryl methyl sites for hydroxylation is 2. The first-order chi connectivity index (χ1) is 14.5. The van der Waals surface area contributed by atoms with Crippen molar-refractivity contribution < 1.29 is 23.1 Å². The van der Waals surface area contributed by atoms with Crippen LogP contribution in [0.2, 0.25) is 0 Å². The molecule has 1 N–H and O–H groups in total. The van der Waals surface area contributed by atoms with Crippen molar-refractivity contribution in [3.05, 3.63) is 70.4 Å². The predicted octanol–water partition coefficient (Wildman–Crippen LogP) is 4.83. The number of aliphatic hydroxyl groups is 1. The number of rotatable bonds is 10. The van der Waals surface area contributed by atoms with Crippen LogP contribution in [-0.2, 0) is 17.6 Å². The lowest BCUT2D eigenvalue weighted by Crippen LogP contribution is -2.22. The van der Waals surface area contributed by atoms with Gasteiger partial charge in [0.2, 0.25) is 0 Å². The Bertz CT molecular complexity index is 932. The van der Waals surface area contributed by atoms with Crippen LogP contribution in [0.1, 0.15) is 28.8 Å². The Morgan fingerprint density at radius 2 is 1.77 bits per heavy atom. The minimum Gasteiger partial charge on any atom is -0.388 e. The van der Waals surface area contributed by atoms with Crippen molar-refractivity contribution >= 4 is 17.1 Å². The number of ketones is 1. The van der Waals surface area contributed by atoms with Gasteiger partial charge in [-0.25, -0.2) is 13.8 Å². The van der Waals surface area contributed by atoms with Crippen molar-refractivity contribution in [1.82, 2.24) is 9.97 Å². The van der Waals surface area contributed by atoms with Gasteiger partial charge in [-0.2, -0.15) is 0 Å². The van der Waals surface area contributed by atoms with E-state index in [-0.39, 0.29) is 0 Å². The molecule has 0 saturated carbocycles. The number of carbonyl (C=O) groups is 1. The highest BCUT2D eigenvalue weighted by Crippen LogP contribution is 2.28. The quantitative estimate of drug-likeness (QED) is 0.496. The maximum atomic E-state index is 13.2. The van der Waals surface area contributed by atoms with Gasteiger partial charge in [0.05, 0.1) is 17.8 Å². The molecule has 0 spiro atoms. The van der Waals surface area contributed by atoms with Crippen molar-refractivity contribution in [2.75, 3.05) is 6.67 Å². The summed E-state index contributed by atoms with van der Waals surface area (Å²) in [6.45, 7) is -1.06. The molecule has 0 saturated heterocycles. The summed E-state index contributed by atoms with van der Waals surface area (Å²) in [6.07, 6.45) is -0.0356. The van der Waals surface area contributed by atoms with Crippen molar-refractivity contribution in [3.8, 4) is 11.1 Å². The van der Waals surface area contributed by atoms with Gasteiger partial charge in [-0.3, -0.25) is 14.2 Å². The molecule has 8 heteroatoms. The lowest BCUT2D eigenvalue weighted by atomic mass is 9.91. The van der Waals surface area contributed by atoms with Crippen molar-refractivity contribution in [1.29, 1.82) is 0 Å². The molecule has 3 rings (SSSR count). The molecule has 0 aliphatic carbocycles. The zero-order chi connectivity index (χ0) is 21.5. The number of hydrogen-bond acceptors (Lipinski definition) is 5. The molecule has 158 valence electrons. The van der Waals surface area contributed by atoms with E-state index in [0.29, 0.717) is 5.56 Å². The lowest BCUT2D eigenvalue weighted by Gasteiger charge is -2.20. The molecule has 2 atom stereocenters. The second-order valence-corrected chi connectivity index (χ2v) is 7.90. The summed E-state index contributed by atoms with van der Waals surface area (Å²) in [5.74, 6) is -2.56. The largest absolute Gasteiger partial charge is 0.388 e. The standard InChI is InChI=1S/C22H21F3N2O2S/c23-12-17(11-19(28)22(24)25)21(29)15-3-1-14(2-4-15)16-5-6-18(27-13-16)7-8-20-26-9-10-30-20/h1-6,9-10,13,17,21-22,29H,7-8,11-12H2/t17-,21-/m1/s1. The molecule has 0 aliphatic heterocycles. The van der Waals surface area contributed by atoms with Crippen LogP contribution in [0.15, 0.2) is 54.2 Å². The minimum absolute atomic E-state index is 0.372. The summed E-state index contributed by atoms with van der Waals surface area (Å²) in [7, 11) is 0. The Morgan fingerprint density at radius 1 is 1.03 bits per heavy atom. The van der Waals surface area contributed by atoms with Crippen molar-refractivity contribution in [2.24, 2.45) is 5.92 Å². The Hall–Kier alpha value is -2.58. The van der Waals surface area contributed by atoms with E-state index < -0.39 is 37.3 Å². The molecule has 1 aromatic carbocycles. The molecular formula is C22H21F3N2O2S. The van der Waals surface area contributed by atoms with Gasteiger partial charge in [0, 0.05) is 47.8 Å². The van der Waals surface area contributed by atoms with Gasteiger partial charge in [-0.1, -0.05) is 30.3 Å². The van der Waals surface area contributed by atoms with E-state index in [2.05, 4.69) is 9.97 Å². The maximum Gasteiger partial charge on any atom is 0.295 e. The molecular weight excluding hydrogens is 413 g/mol. The van der Waals surface area contributed by atoms with Gasteiger partial charge in [-0.05, 0) is 23.6 Å². The van der Waals surface area contributed by atoms with Crippen LogP contribution in [-0.4, -0.2) is 34.0 Å². The second kappa shape index (κ2) is 10.4. The van der Waals surface area contributed by atoms with Gasteiger partial charge >= 0.3 is 0 Å². The number of carbonyl (C=O) groups excluding carboxylic acids is 1. The number of nitrogens with zero attached hydrogens (tertiary/aromatic N) is 2. The van der Waals surface area contributed by atoms with Crippen molar-refractivity contribution in [3.63, 3.8) is 0 Å². The molecule has 30 heavy (non-hydrogen) atoms. The number of benzene rings is 1. The second-order valence-electron chi connectivity index (χ2n) is 6.92. The minimum atomic E-state index is -3.16. The van der Waals surface area contributed by atoms with E-state index >= 15 is 0 Å². The van der Waals surface area contributed by atoms with Crippen LogP contribution in [0.3, 0.4) is 0 Å². The van der Waals surface area contributed by atoms with Crippen LogP contribution >= 0.6 is 11.3 Å². The number of aromatic nitrogens is 2. The normalized spacial score (nSPS) is 13.4. The molecule has 0 aliphatic rings. The third-order valence-corrected chi connectivity index (χ3v) is 5.68. The van der Waals surface area contributed by atoms with Crippen LogP contribution in [0.25, 0.3) is 11.1 Å². The number of hydrogen-bond donors (Lipinski definition) is 1. The molecule has 0 bridgehead atoms. The van der Waals surface area contributed by atoms with Gasteiger partial charge in [0.1, 0.15) is 0 Å². The Morgan fingerprint density at radius 3 is 2.33 bits per heavy atom. The first-order valence-corrected chi connectivity index (χ1v) is 10.3. The first kappa shape index (κ1) is 22.1. The number of pyridine rings is 1. The molecule has 0 unspecified atom stereocenters. The number of thiazole rings is 1. The van der Waals surface area contributed by atoms with E-state index in [1.54, 1.807) is 48.0 Å². The van der Waals surface area contributed by atoms with Crippen LogP contribution < -0.4 is 0 Å². The lowest BCUT2D eigenvalue weighted by molar-refractivity contribution is -0.131. The number of aliphatic hydroxyl groups excluding tert-OH is 1. The Balaban J connectivity index is 1.63. The zero-order valence-corrected chi connectivity index (χ0v) is 16.9. The molecule has 0 radical (unpaired) electrons. The van der Waals surface area contributed by atoms with Gasteiger partial charge in [0.15, 0.2) is 5.78 Å². The van der Waals surface area contributed by atoms with Gasteiger partial charge in [-0.15, -0.1) is 11.3 Å². The summed E-state index contributed by atoms with van der Waals surface area (Å²) < 4.78 is 38.0. The molecule has 0 fully saturated rings. The zero-order valence-electron chi connectivity index (χ0n) is 16.0. The van der Waals surface area contributed by atoms with E-state index in [0.717, 1.165) is 34.7 Å². The average Bonchev–Trinajstić information content (AvgIpc) is 3.29. The summed E-state index contributed by atoms with van der Waals surface area (Å²) in [6, 6.07) is 10.6. The van der Waals surface area contributed by atoms with E-state index in [9.17, 15) is 23.1 Å². The van der Waals surface area contributed by atoms with E-state index in [4.69, 9.17) is 0 Å². The highest BCUT2D eigenvalue weighted by molar-refractivity contribution is 7.09. The van der Waals surface area contributed by atoms with Crippen LogP contribution in [0, 0.1) is 5.92 Å². The first-order valence-electron chi connectivity index (χ1n) is 9.46. The Kier molecular flexibility index (Phi) is 7.70. The molecule has 2 heterocycles. The fourth-order valence-electron chi connectivity index (χ4n) is 3.10. The summed E-state index contributed by atoms with van der Waals surface area (Å²) in [5.41, 5.74) is 3.06. The highest BCUT2D eigenvalue weighted by atomic mass is 32.1. The van der Waals surface area contributed by atoms with Crippen molar-refractivity contribution in [2.45, 2.75) is 31.8 Å². The van der Waals surface area contributed by atoms with E-state index in [1.165, 1.54) is 0 Å². The molecule has 3 aromatic rings. The molecule has 0 amide bonds. The topological polar surface area (TPSA) is 63.1 Å². The maximum absolute atomic E-state index is 13.2. The monoisotopic (exact) mass is 434 g/mol. The number of alkyl halides is 3. The van der Waals surface area contributed by atoms with E-state index in [1.807, 2.05) is 17.5 Å². The number of halogens is 3. The predicted molar refractivity (Wildman–Crippen MR) is 109 cm³/mol. The third kappa shape index (κ3) is 5.73. The molecule has 2 aromatic heterocycles. The summed E-state index contributed by atoms with van der Waals surface area (Å²) in [4.78, 5) is 19.9. The fourth-order valence-corrected chi connectivity index (χ4v) is 3.72. The average molecular weight is 434 g/mol. The smallest absolute Gasteiger partial charge is 0.295 e. The van der Waals surface area contributed by atoms with Gasteiger partial charge in [0.25, 0.3) is 6.43 Å². The molecule has 4 nitrogen and oxygen atoms in total. The SMILES string of the molecule is O=C(C[C@H](CF)[C@H](O)c1ccc(-c2ccc(CCc3nccs3)nc2)cc1)C(F)F. The summed E-state index contributed by atoms with van der Waals surface area (Å²) >= 11 is 1.62.